The van der Waals surface area contributed by atoms with Crippen molar-refractivity contribution in [2.75, 3.05) is 7.11 Å². The SMILES string of the molecule is COc1ccc(C2C(C(=O)OC(C)C)=C(C)N=c3s/c(=C/c4ccccc4[N+](=O)[O-])c(=O)n32)cc1. The number of aromatic nitrogens is 1. The van der Waals surface area contributed by atoms with Gasteiger partial charge >= 0.3 is 5.97 Å². The number of benzene rings is 2. The van der Waals surface area contributed by atoms with Crippen molar-refractivity contribution < 1.29 is 19.2 Å². The highest BCUT2D eigenvalue weighted by Gasteiger charge is 2.33. The van der Waals surface area contributed by atoms with E-state index in [1.54, 1.807) is 70.3 Å². The first-order valence-corrected chi connectivity index (χ1v) is 11.6. The number of fused-ring (bicyclic) bond motifs is 1. The van der Waals surface area contributed by atoms with Crippen LogP contribution in [-0.2, 0) is 9.53 Å². The molecule has 0 saturated carbocycles. The largest absolute Gasteiger partial charge is 0.497 e. The number of hydrogen-bond donors (Lipinski definition) is 0. The van der Waals surface area contributed by atoms with Crippen LogP contribution < -0.4 is 19.6 Å². The van der Waals surface area contributed by atoms with Crippen molar-refractivity contribution in [2.24, 2.45) is 4.99 Å². The third-order valence-corrected chi connectivity index (χ3v) is 6.42. The molecule has 0 spiro atoms. The Hall–Kier alpha value is -4.05. The lowest BCUT2D eigenvalue weighted by atomic mass is 9.96. The quantitative estimate of drug-likeness (QED) is 0.296. The van der Waals surface area contributed by atoms with Gasteiger partial charge in [-0.1, -0.05) is 35.6 Å². The lowest BCUT2D eigenvalue weighted by Gasteiger charge is -2.25. The highest BCUT2D eigenvalue weighted by molar-refractivity contribution is 7.07. The number of nitrogens with zero attached hydrogens (tertiary/aromatic N) is 3. The number of hydrogen-bond acceptors (Lipinski definition) is 8. The van der Waals surface area contributed by atoms with E-state index in [-0.39, 0.29) is 21.9 Å². The van der Waals surface area contributed by atoms with E-state index in [4.69, 9.17) is 9.47 Å². The molecule has 0 fully saturated rings. The molecule has 180 valence electrons. The van der Waals surface area contributed by atoms with Gasteiger partial charge in [0.2, 0.25) is 0 Å². The van der Waals surface area contributed by atoms with Crippen molar-refractivity contribution in [3.8, 4) is 5.75 Å². The number of carbonyl (C=O) groups excluding carboxylic acids is 1. The maximum absolute atomic E-state index is 13.6. The maximum atomic E-state index is 13.6. The van der Waals surface area contributed by atoms with Crippen molar-refractivity contribution in [2.45, 2.75) is 32.9 Å². The second kappa shape index (κ2) is 9.67. The van der Waals surface area contributed by atoms with E-state index in [0.29, 0.717) is 27.4 Å². The molecule has 2 aromatic carbocycles. The minimum Gasteiger partial charge on any atom is -0.497 e. The van der Waals surface area contributed by atoms with Crippen LogP contribution in [0, 0.1) is 10.1 Å². The number of esters is 1. The van der Waals surface area contributed by atoms with Gasteiger partial charge in [-0.2, -0.15) is 0 Å². The summed E-state index contributed by atoms with van der Waals surface area (Å²) in [5.41, 5.74) is 1.16. The molecular weight excluding hydrogens is 470 g/mol. The summed E-state index contributed by atoms with van der Waals surface area (Å²) in [4.78, 5) is 42.6. The smallest absolute Gasteiger partial charge is 0.338 e. The number of allylic oxidation sites excluding steroid dienone is 1. The van der Waals surface area contributed by atoms with Gasteiger partial charge in [0.25, 0.3) is 11.2 Å². The number of nitro benzene ring substituents is 1. The predicted octanol–water partition coefficient (Wildman–Crippen LogP) is 3.10. The Bertz CT molecular complexity index is 1520. The Balaban J connectivity index is 1.96. The molecule has 0 N–H and O–H groups in total. The van der Waals surface area contributed by atoms with E-state index in [1.807, 2.05) is 0 Å². The van der Waals surface area contributed by atoms with E-state index in [2.05, 4.69) is 4.99 Å². The number of ether oxygens (including phenoxy) is 2. The van der Waals surface area contributed by atoms with Gasteiger partial charge in [0.15, 0.2) is 4.80 Å². The molecule has 10 heteroatoms. The van der Waals surface area contributed by atoms with Gasteiger partial charge < -0.3 is 9.47 Å². The van der Waals surface area contributed by atoms with E-state index < -0.39 is 22.5 Å². The Labute approximate surface area is 204 Å². The summed E-state index contributed by atoms with van der Waals surface area (Å²) in [6.07, 6.45) is 1.13. The summed E-state index contributed by atoms with van der Waals surface area (Å²) < 4.78 is 12.4. The van der Waals surface area contributed by atoms with Crippen LogP contribution in [0.3, 0.4) is 0 Å². The summed E-state index contributed by atoms with van der Waals surface area (Å²) in [6, 6.07) is 12.5. The molecule has 35 heavy (non-hydrogen) atoms. The fourth-order valence-electron chi connectivity index (χ4n) is 3.88. The first-order valence-electron chi connectivity index (χ1n) is 10.8. The molecule has 1 atom stereocenters. The number of carbonyl (C=O) groups is 1. The van der Waals surface area contributed by atoms with Crippen molar-refractivity contribution in [3.63, 3.8) is 0 Å². The summed E-state index contributed by atoms with van der Waals surface area (Å²) in [7, 11) is 1.55. The molecule has 0 saturated heterocycles. The van der Waals surface area contributed by atoms with Gasteiger partial charge in [0, 0.05) is 6.07 Å². The lowest BCUT2D eigenvalue weighted by molar-refractivity contribution is -0.385. The number of methoxy groups -OCH3 is 1. The molecule has 1 aliphatic heterocycles. The molecule has 0 bridgehead atoms. The summed E-state index contributed by atoms with van der Waals surface area (Å²) in [6.45, 7) is 5.20. The fourth-order valence-corrected chi connectivity index (χ4v) is 4.92. The average molecular weight is 494 g/mol. The normalized spacial score (nSPS) is 15.6. The highest BCUT2D eigenvalue weighted by atomic mass is 32.1. The van der Waals surface area contributed by atoms with Crippen LogP contribution in [0.4, 0.5) is 5.69 Å². The fraction of sp³-hybridized carbons (Fsp3) is 0.240. The maximum Gasteiger partial charge on any atom is 0.338 e. The molecule has 1 aromatic heterocycles. The van der Waals surface area contributed by atoms with Crippen LogP contribution in [0.5, 0.6) is 5.75 Å². The first kappa shape index (κ1) is 24.1. The second-order valence-electron chi connectivity index (χ2n) is 8.12. The molecule has 0 amide bonds. The zero-order valence-corrected chi connectivity index (χ0v) is 20.4. The van der Waals surface area contributed by atoms with E-state index >= 15 is 0 Å². The number of rotatable bonds is 6. The Morgan fingerprint density at radius 2 is 1.89 bits per heavy atom. The first-order chi connectivity index (χ1) is 16.7. The van der Waals surface area contributed by atoms with Gasteiger partial charge in [-0.3, -0.25) is 19.5 Å². The average Bonchev–Trinajstić information content (AvgIpc) is 3.12. The molecule has 2 heterocycles. The summed E-state index contributed by atoms with van der Waals surface area (Å²) in [5, 5.41) is 11.4. The van der Waals surface area contributed by atoms with Crippen molar-refractivity contribution in [3.05, 3.63) is 101 Å². The van der Waals surface area contributed by atoms with Gasteiger partial charge in [0.1, 0.15) is 5.75 Å². The highest BCUT2D eigenvalue weighted by Crippen LogP contribution is 2.32. The molecule has 4 rings (SSSR count). The predicted molar refractivity (Wildman–Crippen MR) is 131 cm³/mol. The van der Waals surface area contributed by atoms with E-state index in [9.17, 15) is 19.7 Å². The molecule has 1 aliphatic rings. The minimum atomic E-state index is -0.781. The van der Waals surface area contributed by atoms with Crippen molar-refractivity contribution in [1.82, 2.24) is 4.57 Å². The third kappa shape index (κ3) is 4.65. The summed E-state index contributed by atoms with van der Waals surface area (Å²) >= 11 is 1.11. The minimum absolute atomic E-state index is 0.109. The van der Waals surface area contributed by atoms with Crippen LogP contribution >= 0.6 is 11.3 Å². The van der Waals surface area contributed by atoms with Gasteiger partial charge in [0.05, 0.1) is 45.5 Å². The van der Waals surface area contributed by atoms with Gasteiger partial charge in [-0.25, -0.2) is 9.79 Å². The molecule has 3 aromatic rings. The van der Waals surface area contributed by atoms with E-state index in [1.165, 1.54) is 16.7 Å². The van der Waals surface area contributed by atoms with Crippen molar-refractivity contribution >= 4 is 29.1 Å². The number of nitro groups is 1. The molecule has 0 aliphatic carbocycles. The molecule has 0 radical (unpaired) electrons. The van der Waals surface area contributed by atoms with E-state index in [0.717, 1.165) is 11.3 Å². The Kier molecular flexibility index (Phi) is 6.65. The molecule has 1 unspecified atom stereocenters. The van der Waals surface area contributed by atoms with Crippen LogP contribution in [-0.4, -0.2) is 28.7 Å². The second-order valence-corrected chi connectivity index (χ2v) is 9.13. The Morgan fingerprint density at radius 3 is 2.51 bits per heavy atom. The zero-order valence-electron chi connectivity index (χ0n) is 19.6. The van der Waals surface area contributed by atoms with Crippen LogP contribution in [0.1, 0.15) is 37.9 Å². The summed E-state index contributed by atoms with van der Waals surface area (Å²) in [5.74, 6) is 0.0691. The van der Waals surface area contributed by atoms with Crippen LogP contribution in [0.25, 0.3) is 6.08 Å². The monoisotopic (exact) mass is 493 g/mol. The topological polar surface area (TPSA) is 113 Å². The van der Waals surface area contributed by atoms with Crippen LogP contribution in [0.15, 0.2) is 69.6 Å². The Morgan fingerprint density at radius 1 is 1.20 bits per heavy atom. The van der Waals surface area contributed by atoms with Crippen LogP contribution in [0.2, 0.25) is 0 Å². The zero-order chi connectivity index (χ0) is 25.3. The standard InChI is InChI=1S/C25H23N3O6S/c1-14(2)34-24(30)21-15(3)26-25-27(22(21)16-9-11-18(33-4)12-10-16)23(29)20(35-25)13-17-7-5-6-8-19(17)28(31)32/h5-14,22H,1-4H3/b20-13+. The lowest BCUT2D eigenvalue weighted by Crippen LogP contribution is -2.40. The number of para-hydroxylation sites is 1. The van der Waals surface area contributed by atoms with Crippen molar-refractivity contribution in [1.29, 1.82) is 0 Å². The van der Waals surface area contributed by atoms with Gasteiger partial charge in [-0.15, -0.1) is 0 Å². The third-order valence-electron chi connectivity index (χ3n) is 5.44. The molecule has 9 nitrogen and oxygen atoms in total. The van der Waals surface area contributed by atoms with Gasteiger partial charge in [-0.05, 0) is 50.6 Å². The number of thiazole rings is 1. The molecular formula is C25H23N3O6S.